The van der Waals surface area contributed by atoms with E-state index in [4.69, 9.17) is 9.88 Å². The number of primary sulfonamides is 1. The van der Waals surface area contributed by atoms with Crippen LogP contribution in [-0.2, 0) is 16.6 Å². The van der Waals surface area contributed by atoms with E-state index in [0.29, 0.717) is 6.54 Å². The fourth-order valence-electron chi connectivity index (χ4n) is 2.08. The zero-order valence-electron chi connectivity index (χ0n) is 12.8. The first-order chi connectivity index (χ1) is 10.8. The molecule has 0 aliphatic carbocycles. The van der Waals surface area contributed by atoms with Crippen LogP contribution in [0, 0.1) is 0 Å². The van der Waals surface area contributed by atoms with E-state index < -0.39 is 15.9 Å². The smallest absolute Gasteiger partial charge is 0.255 e. The number of methoxy groups -OCH3 is 1. The molecule has 2 rings (SSSR count). The van der Waals surface area contributed by atoms with Crippen LogP contribution in [0.25, 0.3) is 0 Å². The monoisotopic (exact) mass is 338 g/mol. The fourth-order valence-corrected chi connectivity index (χ4v) is 2.62. The third-order valence-corrected chi connectivity index (χ3v) is 4.05. The van der Waals surface area contributed by atoms with Crippen LogP contribution in [0.4, 0.5) is 0 Å². The Morgan fingerprint density at radius 2 is 2.22 bits per heavy atom. The molecule has 0 aliphatic heterocycles. The fraction of sp³-hybridized carbons (Fsp3) is 0.286. The van der Waals surface area contributed by atoms with Crippen molar-refractivity contribution in [2.24, 2.45) is 5.14 Å². The van der Waals surface area contributed by atoms with Crippen molar-refractivity contribution in [3.05, 3.63) is 42.2 Å². The highest BCUT2D eigenvalue weighted by atomic mass is 32.2. The maximum Gasteiger partial charge on any atom is 0.255 e. The van der Waals surface area contributed by atoms with Gasteiger partial charge in [-0.15, -0.1) is 0 Å². The van der Waals surface area contributed by atoms with Crippen LogP contribution in [0.1, 0.15) is 17.3 Å². The minimum atomic E-state index is -3.90. The number of nitrogens with zero attached hydrogens (tertiary/aromatic N) is 2. The lowest BCUT2D eigenvalue weighted by Crippen LogP contribution is -2.36. The number of sulfonamides is 1. The molecular formula is C14H18N4O4S. The Labute approximate surface area is 134 Å². The van der Waals surface area contributed by atoms with Crippen molar-refractivity contribution < 1.29 is 17.9 Å². The van der Waals surface area contributed by atoms with Crippen LogP contribution in [0.5, 0.6) is 5.75 Å². The van der Waals surface area contributed by atoms with Crippen molar-refractivity contribution >= 4 is 15.9 Å². The Bertz CT molecular complexity index is 787. The molecule has 1 atom stereocenters. The van der Waals surface area contributed by atoms with Gasteiger partial charge in [-0.2, -0.15) is 5.10 Å². The molecule has 1 amide bonds. The molecule has 1 aromatic heterocycles. The summed E-state index contributed by atoms with van der Waals surface area (Å²) in [5.41, 5.74) is 0.103. The number of hydrogen-bond donors (Lipinski definition) is 2. The van der Waals surface area contributed by atoms with Gasteiger partial charge in [-0.3, -0.25) is 9.48 Å². The highest BCUT2D eigenvalue weighted by Gasteiger charge is 2.18. The maximum atomic E-state index is 12.4. The van der Waals surface area contributed by atoms with Gasteiger partial charge in [-0.05, 0) is 31.2 Å². The van der Waals surface area contributed by atoms with Crippen LogP contribution >= 0.6 is 0 Å². The second-order valence-electron chi connectivity index (χ2n) is 5.01. The van der Waals surface area contributed by atoms with Gasteiger partial charge in [0.25, 0.3) is 5.91 Å². The molecule has 0 saturated carbocycles. The first kappa shape index (κ1) is 17.0. The van der Waals surface area contributed by atoms with Crippen molar-refractivity contribution in [1.29, 1.82) is 0 Å². The molecule has 8 nitrogen and oxygen atoms in total. The molecule has 0 spiro atoms. The minimum Gasteiger partial charge on any atom is -0.496 e. The Hall–Kier alpha value is -2.39. The quantitative estimate of drug-likeness (QED) is 0.789. The third-order valence-electron chi connectivity index (χ3n) is 3.14. The molecule has 0 bridgehead atoms. The molecule has 0 aliphatic rings. The number of nitrogens with one attached hydrogen (secondary N) is 1. The predicted molar refractivity (Wildman–Crippen MR) is 83.5 cm³/mol. The Balaban J connectivity index is 2.20. The van der Waals surface area contributed by atoms with Crippen LogP contribution in [0.15, 0.2) is 41.6 Å². The first-order valence-electron chi connectivity index (χ1n) is 6.80. The number of carbonyl (C=O) groups excluding carboxylic acids is 1. The van der Waals surface area contributed by atoms with E-state index >= 15 is 0 Å². The lowest BCUT2D eigenvalue weighted by Gasteiger charge is -2.16. The number of ether oxygens (including phenoxy) is 1. The largest absolute Gasteiger partial charge is 0.496 e. The number of hydrogen-bond acceptors (Lipinski definition) is 5. The van der Waals surface area contributed by atoms with Crippen LogP contribution in [0.2, 0.25) is 0 Å². The average Bonchev–Trinajstić information content (AvgIpc) is 2.98. The minimum absolute atomic E-state index is 0.103. The molecule has 2 aromatic rings. The third kappa shape index (κ3) is 4.30. The average molecular weight is 338 g/mol. The molecule has 0 unspecified atom stereocenters. The first-order valence-corrected chi connectivity index (χ1v) is 8.35. The number of benzene rings is 1. The van der Waals surface area contributed by atoms with Crippen molar-refractivity contribution in [3.8, 4) is 5.75 Å². The number of amides is 1. The lowest BCUT2D eigenvalue weighted by molar-refractivity contribution is 0.0932. The highest BCUT2D eigenvalue weighted by Crippen LogP contribution is 2.22. The van der Waals surface area contributed by atoms with Gasteiger partial charge < -0.3 is 10.1 Å². The molecule has 1 aromatic carbocycles. The molecule has 0 fully saturated rings. The number of nitrogens with two attached hydrogens (primary N) is 1. The summed E-state index contributed by atoms with van der Waals surface area (Å²) < 4.78 is 29.7. The lowest BCUT2D eigenvalue weighted by atomic mass is 10.1. The van der Waals surface area contributed by atoms with Gasteiger partial charge in [-0.1, -0.05) is 0 Å². The topological polar surface area (TPSA) is 116 Å². The molecule has 3 N–H and O–H groups in total. The standard InChI is InChI=1S/C14H18N4O4S/c1-10(9-18-7-3-6-16-18)17-14(19)12-8-11(23(15,20)21)4-5-13(12)22-2/h3-8,10H,9H2,1-2H3,(H,17,19)(H2,15,20,21)/t10-/m1/s1. The number of carbonyl (C=O) groups is 1. The molecule has 23 heavy (non-hydrogen) atoms. The second kappa shape index (κ2) is 6.80. The number of rotatable bonds is 6. The van der Waals surface area contributed by atoms with Crippen molar-refractivity contribution in [2.75, 3.05) is 7.11 Å². The van der Waals surface area contributed by atoms with E-state index in [1.807, 2.05) is 6.92 Å². The summed E-state index contributed by atoms with van der Waals surface area (Å²) in [6.45, 7) is 2.30. The summed E-state index contributed by atoms with van der Waals surface area (Å²) in [6.07, 6.45) is 3.43. The summed E-state index contributed by atoms with van der Waals surface area (Å²) in [5.74, 6) is -0.187. The van der Waals surface area contributed by atoms with E-state index in [9.17, 15) is 13.2 Å². The summed E-state index contributed by atoms with van der Waals surface area (Å²) in [4.78, 5) is 12.2. The molecule has 9 heteroatoms. The van der Waals surface area contributed by atoms with Crippen LogP contribution < -0.4 is 15.2 Å². The summed E-state index contributed by atoms with van der Waals surface area (Å²) in [7, 11) is -2.50. The predicted octanol–water partition coefficient (Wildman–Crippen LogP) is 0.358. The van der Waals surface area contributed by atoms with E-state index in [1.54, 1.807) is 23.1 Å². The second-order valence-corrected chi connectivity index (χ2v) is 6.57. The zero-order valence-corrected chi connectivity index (χ0v) is 13.6. The Morgan fingerprint density at radius 1 is 1.48 bits per heavy atom. The van der Waals surface area contributed by atoms with E-state index in [0.717, 1.165) is 0 Å². The SMILES string of the molecule is COc1ccc(S(N)(=O)=O)cc1C(=O)N[C@H](C)Cn1cccn1. The molecule has 124 valence electrons. The summed E-state index contributed by atoms with van der Waals surface area (Å²) in [5, 5.41) is 11.9. The van der Waals surface area contributed by atoms with E-state index in [2.05, 4.69) is 10.4 Å². The van der Waals surface area contributed by atoms with Crippen molar-refractivity contribution in [3.63, 3.8) is 0 Å². The maximum absolute atomic E-state index is 12.4. The molecule has 0 radical (unpaired) electrons. The molecule has 0 saturated heterocycles. The van der Waals surface area contributed by atoms with Crippen LogP contribution in [-0.4, -0.2) is 37.3 Å². The summed E-state index contributed by atoms with van der Waals surface area (Å²) in [6, 6.07) is 5.45. The zero-order chi connectivity index (χ0) is 17.0. The van der Waals surface area contributed by atoms with Crippen molar-refractivity contribution in [2.45, 2.75) is 24.4 Å². The van der Waals surface area contributed by atoms with Gasteiger partial charge in [0.2, 0.25) is 10.0 Å². The van der Waals surface area contributed by atoms with Crippen molar-refractivity contribution in [1.82, 2.24) is 15.1 Å². The van der Waals surface area contributed by atoms with E-state index in [-0.39, 0.29) is 22.3 Å². The van der Waals surface area contributed by atoms with Gasteiger partial charge in [-0.25, -0.2) is 13.6 Å². The van der Waals surface area contributed by atoms with Gasteiger partial charge in [0.1, 0.15) is 5.75 Å². The van der Waals surface area contributed by atoms with Gasteiger partial charge in [0.15, 0.2) is 0 Å². The van der Waals surface area contributed by atoms with E-state index in [1.165, 1.54) is 25.3 Å². The van der Waals surface area contributed by atoms with Gasteiger partial charge >= 0.3 is 0 Å². The number of aromatic nitrogens is 2. The molecular weight excluding hydrogens is 320 g/mol. The Morgan fingerprint density at radius 3 is 2.78 bits per heavy atom. The highest BCUT2D eigenvalue weighted by molar-refractivity contribution is 7.89. The van der Waals surface area contributed by atoms with Gasteiger partial charge in [0.05, 0.1) is 24.1 Å². The normalized spacial score (nSPS) is 12.7. The molecule has 1 heterocycles. The van der Waals surface area contributed by atoms with Gasteiger partial charge in [0, 0.05) is 18.4 Å². The Kier molecular flexibility index (Phi) is 5.02. The summed E-state index contributed by atoms with van der Waals surface area (Å²) >= 11 is 0. The van der Waals surface area contributed by atoms with Crippen LogP contribution in [0.3, 0.4) is 0 Å².